The van der Waals surface area contributed by atoms with Crippen molar-refractivity contribution < 1.29 is 0 Å². The Hall–Kier alpha value is -0.580. The molecule has 0 saturated carbocycles. The van der Waals surface area contributed by atoms with Crippen LogP contribution in [0.3, 0.4) is 0 Å². The number of aryl methyl sites for hydroxylation is 1. The quantitative estimate of drug-likeness (QED) is 0.774. The molecule has 1 aromatic rings. The molecule has 5 heteroatoms. The van der Waals surface area contributed by atoms with Crippen molar-refractivity contribution in [1.82, 2.24) is 20.2 Å². The summed E-state index contributed by atoms with van der Waals surface area (Å²) in [4.78, 5) is 10.3. The van der Waals surface area contributed by atoms with Gasteiger partial charge in [-0.15, -0.1) is 0 Å². The van der Waals surface area contributed by atoms with Crippen molar-refractivity contribution in [1.29, 1.82) is 0 Å². The number of halogens is 1. The summed E-state index contributed by atoms with van der Waals surface area (Å²) in [5.41, 5.74) is 1.03. The molecule has 4 nitrogen and oxygen atoms in total. The minimum absolute atomic E-state index is 0.629. The second kappa shape index (κ2) is 8.16. The second-order valence-electron chi connectivity index (χ2n) is 6.43. The van der Waals surface area contributed by atoms with Gasteiger partial charge in [0, 0.05) is 25.6 Å². The van der Waals surface area contributed by atoms with Crippen molar-refractivity contribution in [2.24, 2.45) is 5.92 Å². The van der Waals surface area contributed by atoms with E-state index in [0.717, 1.165) is 43.4 Å². The normalized spacial score (nSPS) is 19.8. The Kier molecular flexibility index (Phi) is 6.52. The molecule has 1 aromatic heterocycles. The van der Waals surface area contributed by atoms with E-state index in [-0.39, 0.29) is 0 Å². The van der Waals surface area contributed by atoms with Crippen LogP contribution >= 0.6 is 11.6 Å². The minimum Gasteiger partial charge on any atom is -0.344 e. The summed E-state index contributed by atoms with van der Waals surface area (Å²) in [6, 6.07) is 0.665. The van der Waals surface area contributed by atoms with Crippen LogP contribution in [0.4, 0.5) is 0 Å². The van der Waals surface area contributed by atoms with Crippen LogP contribution in [-0.2, 0) is 13.0 Å². The van der Waals surface area contributed by atoms with Crippen LogP contribution in [0.1, 0.15) is 51.6 Å². The zero-order valence-corrected chi connectivity index (χ0v) is 14.3. The van der Waals surface area contributed by atoms with Gasteiger partial charge in [0.05, 0.1) is 5.69 Å². The highest BCUT2D eigenvalue weighted by atomic mass is 35.5. The van der Waals surface area contributed by atoms with Crippen LogP contribution in [0, 0.1) is 5.92 Å². The summed E-state index contributed by atoms with van der Waals surface area (Å²) in [7, 11) is 0. The average molecular weight is 313 g/mol. The molecule has 1 aliphatic heterocycles. The highest BCUT2D eigenvalue weighted by Crippen LogP contribution is 2.18. The molecule has 120 valence electrons. The van der Waals surface area contributed by atoms with Crippen LogP contribution in [-0.4, -0.2) is 40.5 Å². The SMILES string of the molecule is CCCCc1nc(Cl)c(CNCC2CCN(C(C)C)C2)[nH]1. The molecule has 21 heavy (non-hydrogen) atoms. The van der Waals surface area contributed by atoms with Gasteiger partial charge in [-0.05, 0) is 45.7 Å². The third kappa shape index (κ3) is 4.97. The lowest BCUT2D eigenvalue weighted by molar-refractivity contribution is 0.264. The zero-order chi connectivity index (χ0) is 15.2. The lowest BCUT2D eigenvalue weighted by atomic mass is 10.1. The highest BCUT2D eigenvalue weighted by Gasteiger charge is 2.23. The van der Waals surface area contributed by atoms with Crippen LogP contribution < -0.4 is 5.32 Å². The summed E-state index contributed by atoms with van der Waals surface area (Å²) in [5, 5.41) is 4.16. The van der Waals surface area contributed by atoms with Gasteiger partial charge in [0.1, 0.15) is 5.82 Å². The number of likely N-dealkylation sites (tertiary alicyclic amines) is 1. The number of hydrogen-bond acceptors (Lipinski definition) is 3. The Bertz CT molecular complexity index is 430. The van der Waals surface area contributed by atoms with Gasteiger partial charge in [-0.2, -0.15) is 0 Å². The number of aromatic amines is 1. The fourth-order valence-electron chi connectivity index (χ4n) is 2.92. The number of H-pyrrole nitrogens is 1. The molecule has 1 atom stereocenters. The van der Waals surface area contributed by atoms with E-state index in [4.69, 9.17) is 11.6 Å². The maximum Gasteiger partial charge on any atom is 0.151 e. The first kappa shape index (κ1) is 16.8. The largest absolute Gasteiger partial charge is 0.344 e. The van der Waals surface area contributed by atoms with Crippen LogP contribution in [0.25, 0.3) is 0 Å². The second-order valence-corrected chi connectivity index (χ2v) is 6.79. The molecular formula is C16H29ClN4. The summed E-state index contributed by atoms with van der Waals surface area (Å²) >= 11 is 6.19. The third-order valence-electron chi connectivity index (χ3n) is 4.33. The van der Waals surface area contributed by atoms with E-state index in [1.807, 2.05) is 0 Å². The van der Waals surface area contributed by atoms with E-state index in [2.05, 4.69) is 41.0 Å². The van der Waals surface area contributed by atoms with Gasteiger partial charge in [0.15, 0.2) is 5.15 Å². The maximum absolute atomic E-state index is 6.19. The fraction of sp³-hybridized carbons (Fsp3) is 0.812. The number of hydrogen-bond donors (Lipinski definition) is 2. The molecule has 0 aliphatic carbocycles. The minimum atomic E-state index is 0.629. The predicted molar refractivity (Wildman–Crippen MR) is 88.7 cm³/mol. The first-order chi connectivity index (χ1) is 10.1. The van der Waals surface area contributed by atoms with Gasteiger partial charge in [-0.1, -0.05) is 24.9 Å². The first-order valence-corrected chi connectivity index (χ1v) is 8.66. The van der Waals surface area contributed by atoms with Crippen LogP contribution in [0.2, 0.25) is 5.15 Å². The highest BCUT2D eigenvalue weighted by molar-refractivity contribution is 6.30. The van der Waals surface area contributed by atoms with E-state index in [0.29, 0.717) is 11.2 Å². The molecule has 0 bridgehead atoms. The number of unbranched alkanes of at least 4 members (excludes halogenated alkanes) is 1. The number of nitrogens with zero attached hydrogens (tertiary/aromatic N) is 2. The number of imidazole rings is 1. The summed E-state index contributed by atoms with van der Waals surface area (Å²) in [6.07, 6.45) is 4.62. The Labute approximate surface area is 133 Å². The van der Waals surface area contributed by atoms with Crippen molar-refractivity contribution in [3.8, 4) is 0 Å². The molecule has 2 N–H and O–H groups in total. The number of aromatic nitrogens is 2. The fourth-order valence-corrected chi connectivity index (χ4v) is 3.14. The molecule has 2 heterocycles. The van der Waals surface area contributed by atoms with E-state index in [1.54, 1.807) is 0 Å². The van der Waals surface area contributed by atoms with Crippen molar-refractivity contribution >= 4 is 11.6 Å². The van der Waals surface area contributed by atoms with E-state index < -0.39 is 0 Å². The van der Waals surface area contributed by atoms with Crippen molar-refractivity contribution in [2.75, 3.05) is 19.6 Å². The lowest BCUT2D eigenvalue weighted by Gasteiger charge is -2.20. The first-order valence-electron chi connectivity index (χ1n) is 8.28. The molecule has 1 fully saturated rings. The summed E-state index contributed by atoms with van der Waals surface area (Å²) in [5.74, 6) is 1.78. The Morgan fingerprint density at radius 2 is 2.29 bits per heavy atom. The molecule has 0 amide bonds. The van der Waals surface area contributed by atoms with E-state index >= 15 is 0 Å². The van der Waals surface area contributed by atoms with Gasteiger partial charge in [-0.3, -0.25) is 0 Å². The summed E-state index contributed by atoms with van der Waals surface area (Å²) in [6.45, 7) is 11.0. The van der Waals surface area contributed by atoms with Crippen LogP contribution in [0.5, 0.6) is 0 Å². The molecule has 2 rings (SSSR count). The van der Waals surface area contributed by atoms with Crippen molar-refractivity contribution in [3.63, 3.8) is 0 Å². The molecule has 0 radical (unpaired) electrons. The van der Waals surface area contributed by atoms with E-state index in [1.165, 1.54) is 25.9 Å². The number of rotatable bonds is 8. The van der Waals surface area contributed by atoms with Gasteiger partial charge in [0.2, 0.25) is 0 Å². The standard InChI is InChI=1S/C16H29ClN4/c1-4-5-6-15-19-14(16(17)20-15)10-18-9-13-7-8-21(11-13)12(2)3/h12-13,18H,4-11H2,1-3H3,(H,19,20). The Morgan fingerprint density at radius 3 is 2.95 bits per heavy atom. The Morgan fingerprint density at radius 1 is 1.48 bits per heavy atom. The molecule has 0 aromatic carbocycles. The van der Waals surface area contributed by atoms with Gasteiger partial charge in [-0.25, -0.2) is 4.98 Å². The van der Waals surface area contributed by atoms with Crippen molar-refractivity contribution in [2.45, 2.75) is 59.0 Å². The predicted octanol–water partition coefficient (Wildman–Crippen LogP) is 3.23. The monoisotopic (exact) mass is 312 g/mol. The van der Waals surface area contributed by atoms with Gasteiger partial charge < -0.3 is 15.2 Å². The molecule has 1 unspecified atom stereocenters. The summed E-state index contributed by atoms with van der Waals surface area (Å²) < 4.78 is 0. The smallest absolute Gasteiger partial charge is 0.151 e. The number of nitrogens with one attached hydrogen (secondary N) is 2. The van der Waals surface area contributed by atoms with Crippen LogP contribution in [0.15, 0.2) is 0 Å². The zero-order valence-electron chi connectivity index (χ0n) is 13.6. The average Bonchev–Trinajstić information content (AvgIpc) is 3.04. The topological polar surface area (TPSA) is 44.0 Å². The maximum atomic E-state index is 6.19. The Balaban J connectivity index is 1.72. The lowest BCUT2D eigenvalue weighted by Crippen LogP contribution is -2.30. The van der Waals surface area contributed by atoms with Gasteiger partial charge >= 0.3 is 0 Å². The third-order valence-corrected chi connectivity index (χ3v) is 4.64. The van der Waals surface area contributed by atoms with Crippen molar-refractivity contribution in [3.05, 3.63) is 16.7 Å². The molecule has 1 aliphatic rings. The molecular weight excluding hydrogens is 284 g/mol. The molecule has 1 saturated heterocycles. The van der Waals surface area contributed by atoms with E-state index in [9.17, 15) is 0 Å². The van der Waals surface area contributed by atoms with Gasteiger partial charge in [0.25, 0.3) is 0 Å². The molecule has 0 spiro atoms.